The van der Waals surface area contributed by atoms with Gasteiger partial charge in [0.25, 0.3) is 0 Å². The summed E-state index contributed by atoms with van der Waals surface area (Å²) in [5.41, 5.74) is 0.879. The second-order valence-corrected chi connectivity index (χ2v) is 7.56. The van der Waals surface area contributed by atoms with E-state index in [9.17, 15) is 19.1 Å². The number of phenols is 1. The molecule has 0 bridgehead atoms. The standard InChI is InChI=1S/C23H26FNO3/c1-17(26)23(19-4-2-5-21(27)16-19)11-14-25(15-12-23)13-3-6-22(28)18-7-9-20(24)10-8-18/h2,4-5,7-10,16,27H,3,6,11-15H2,1H3. The van der Waals surface area contributed by atoms with Crippen LogP contribution in [0.5, 0.6) is 5.75 Å². The number of likely N-dealkylation sites (tertiary alicyclic amines) is 1. The van der Waals surface area contributed by atoms with E-state index in [0.29, 0.717) is 24.8 Å². The molecule has 1 fully saturated rings. The number of carbonyl (C=O) groups is 2. The van der Waals surface area contributed by atoms with Crippen molar-refractivity contribution in [2.45, 2.75) is 38.0 Å². The Bertz CT molecular complexity index is 839. The highest BCUT2D eigenvalue weighted by atomic mass is 19.1. The van der Waals surface area contributed by atoms with Crippen LogP contribution in [0.15, 0.2) is 48.5 Å². The number of aromatic hydroxyl groups is 1. The van der Waals surface area contributed by atoms with E-state index in [0.717, 1.165) is 31.6 Å². The topological polar surface area (TPSA) is 57.6 Å². The zero-order valence-corrected chi connectivity index (χ0v) is 16.2. The Labute approximate surface area is 165 Å². The highest BCUT2D eigenvalue weighted by Crippen LogP contribution is 2.37. The summed E-state index contributed by atoms with van der Waals surface area (Å²) in [4.78, 5) is 26.9. The number of ketones is 2. The molecule has 28 heavy (non-hydrogen) atoms. The molecule has 4 nitrogen and oxygen atoms in total. The predicted octanol–water partition coefficient (Wildman–Crippen LogP) is 4.12. The predicted molar refractivity (Wildman–Crippen MR) is 106 cm³/mol. The van der Waals surface area contributed by atoms with Crippen LogP contribution in [0.2, 0.25) is 0 Å². The van der Waals surface area contributed by atoms with E-state index >= 15 is 0 Å². The van der Waals surface area contributed by atoms with Gasteiger partial charge in [-0.2, -0.15) is 0 Å². The van der Waals surface area contributed by atoms with Crippen molar-refractivity contribution >= 4 is 11.6 Å². The van der Waals surface area contributed by atoms with E-state index in [1.54, 1.807) is 25.1 Å². The van der Waals surface area contributed by atoms with Crippen LogP contribution >= 0.6 is 0 Å². The van der Waals surface area contributed by atoms with Crippen LogP contribution in [-0.2, 0) is 10.2 Å². The number of carbonyl (C=O) groups excluding carboxylic acids is 2. The van der Waals surface area contributed by atoms with Gasteiger partial charge in [0, 0.05) is 12.0 Å². The molecule has 0 spiro atoms. The summed E-state index contributed by atoms with van der Waals surface area (Å²) in [5.74, 6) is -0.00972. The molecule has 148 valence electrons. The van der Waals surface area contributed by atoms with E-state index in [1.807, 2.05) is 6.07 Å². The summed E-state index contributed by atoms with van der Waals surface area (Å²) in [7, 11) is 0. The molecule has 1 heterocycles. The van der Waals surface area contributed by atoms with Gasteiger partial charge in [-0.05, 0) is 87.8 Å². The molecule has 0 unspecified atom stereocenters. The summed E-state index contributed by atoms with van der Waals surface area (Å²) in [5, 5.41) is 9.79. The lowest BCUT2D eigenvalue weighted by atomic mass is 9.70. The van der Waals surface area contributed by atoms with Gasteiger partial charge in [0.05, 0.1) is 5.41 Å². The van der Waals surface area contributed by atoms with Gasteiger partial charge in [0.15, 0.2) is 5.78 Å². The van der Waals surface area contributed by atoms with Crippen molar-refractivity contribution in [2.24, 2.45) is 0 Å². The molecule has 5 heteroatoms. The summed E-state index contributed by atoms with van der Waals surface area (Å²) in [6.45, 7) is 3.97. The Hall–Kier alpha value is -2.53. The first kappa shape index (κ1) is 20.2. The van der Waals surface area contributed by atoms with Crippen molar-refractivity contribution in [2.75, 3.05) is 19.6 Å². The maximum Gasteiger partial charge on any atom is 0.162 e. The number of halogens is 1. The van der Waals surface area contributed by atoms with Crippen LogP contribution in [0, 0.1) is 5.82 Å². The molecule has 0 amide bonds. The second-order valence-electron chi connectivity index (χ2n) is 7.56. The molecule has 0 aliphatic carbocycles. The molecular weight excluding hydrogens is 357 g/mol. The van der Waals surface area contributed by atoms with Gasteiger partial charge in [-0.25, -0.2) is 4.39 Å². The Morgan fingerprint density at radius 2 is 1.79 bits per heavy atom. The molecule has 1 N–H and O–H groups in total. The third-order valence-corrected chi connectivity index (χ3v) is 5.83. The summed E-state index contributed by atoms with van der Waals surface area (Å²) in [6.07, 6.45) is 2.57. The Morgan fingerprint density at radius 3 is 2.39 bits per heavy atom. The lowest BCUT2D eigenvalue weighted by Crippen LogP contribution is -2.46. The van der Waals surface area contributed by atoms with Crippen LogP contribution in [0.3, 0.4) is 0 Å². The molecule has 3 rings (SSSR count). The molecule has 0 atom stereocenters. The average Bonchev–Trinajstić information content (AvgIpc) is 2.69. The van der Waals surface area contributed by atoms with Crippen molar-refractivity contribution in [3.05, 3.63) is 65.5 Å². The smallest absolute Gasteiger partial charge is 0.162 e. The Balaban J connectivity index is 1.53. The van der Waals surface area contributed by atoms with Crippen molar-refractivity contribution < 1.29 is 19.1 Å². The van der Waals surface area contributed by atoms with Crippen molar-refractivity contribution in [3.63, 3.8) is 0 Å². The first-order valence-electron chi connectivity index (χ1n) is 9.72. The number of Topliss-reactive ketones (excluding diaryl/α,β-unsaturated/α-hetero) is 2. The molecule has 2 aromatic rings. The molecule has 0 radical (unpaired) electrons. The Kier molecular flexibility index (Phi) is 6.25. The third-order valence-electron chi connectivity index (χ3n) is 5.83. The first-order chi connectivity index (χ1) is 13.4. The third kappa shape index (κ3) is 4.47. The highest BCUT2D eigenvalue weighted by molar-refractivity contribution is 5.96. The second kappa shape index (κ2) is 8.65. The molecule has 1 aliphatic rings. The number of hydrogen-bond acceptors (Lipinski definition) is 4. The molecule has 1 saturated heterocycles. The molecule has 2 aromatic carbocycles. The van der Waals surface area contributed by atoms with E-state index < -0.39 is 5.41 Å². The zero-order chi connectivity index (χ0) is 20.1. The minimum absolute atomic E-state index is 0.0230. The van der Waals surface area contributed by atoms with Gasteiger partial charge in [-0.15, -0.1) is 0 Å². The van der Waals surface area contributed by atoms with Crippen molar-refractivity contribution in [1.29, 1.82) is 0 Å². The van der Waals surface area contributed by atoms with Crippen molar-refractivity contribution in [1.82, 2.24) is 4.90 Å². The quantitative estimate of drug-likeness (QED) is 0.731. The van der Waals surface area contributed by atoms with Gasteiger partial charge in [0.1, 0.15) is 17.3 Å². The summed E-state index contributed by atoms with van der Waals surface area (Å²) < 4.78 is 13.0. The van der Waals surface area contributed by atoms with Gasteiger partial charge in [-0.3, -0.25) is 9.59 Å². The van der Waals surface area contributed by atoms with Gasteiger partial charge < -0.3 is 10.0 Å². The minimum Gasteiger partial charge on any atom is -0.508 e. The summed E-state index contributed by atoms with van der Waals surface area (Å²) >= 11 is 0. The lowest BCUT2D eigenvalue weighted by Gasteiger charge is -2.40. The van der Waals surface area contributed by atoms with Crippen LogP contribution in [0.1, 0.15) is 48.5 Å². The maximum absolute atomic E-state index is 13.0. The number of benzene rings is 2. The molecular formula is C23H26FNO3. The number of phenolic OH excluding ortho intramolecular Hbond substituents is 1. The Morgan fingerprint density at radius 1 is 1.11 bits per heavy atom. The minimum atomic E-state index is -0.542. The SMILES string of the molecule is CC(=O)C1(c2cccc(O)c2)CCN(CCCC(=O)c2ccc(F)cc2)CC1. The largest absolute Gasteiger partial charge is 0.508 e. The van der Waals surface area contributed by atoms with Crippen LogP contribution < -0.4 is 0 Å². The van der Waals surface area contributed by atoms with Crippen LogP contribution in [0.25, 0.3) is 0 Å². The monoisotopic (exact) mass is 383 g/mol. The fourth-order valence-electron chi connectivity index (χ4n) is 4.05. The fraction of sp³-hybridized carbons (Fsp3) is 0.391. The average molecular weight is 383 g/mol. The van der Waals surface area contributed by atoms with Gasteiger partial charge >= 0.3 is 0 Å². The number of hydrogen-bond donors (Lipinski definition) is 1. The van der Waals surface area contributed by atoms with Crippen LogP contribution in [0.4, 0.5) is 4.39 Å². The number of rotatable bonds is 7. The molecule has 1 aliphatic heterocycles. The lowest BCUT2D eigenvalue weighted by molar-refractivity contribution is -0.124. The first-order valence-corrected chi connectivity index (χ1v) is 9.72. The van der Waals surface area contributed by atoms with E-state index in [4.69, 9.17) is 0 Å². The zero-order valence-electron chi connectivity index (χ0n) is 16.2. The van der Waals surface area contributed by atoms with Gasteiger partial charge in [0.2, 0.25) is 0 Å². The van der Waals surface area contributed by atoms with Crippen molar-refractivity contribution in [3.8, 4) is 5.75 Å². The normalized spacial score (nSPS) is 16.6. The van der Waals surface area contributed by atoms with E-state index in [1.165, 1.54) is 24.3 Å². The number of nitrogens with zero attached hydrogens (tertiary/aromatic N) is 1. The molecule has 0 saturated carbocycles. The number of piperidine rings is 1. The molecule has 0 aromatic heterocycles. The van der Waals surface area contributed by atoms with E-state index in [2.05, 4.69) is 4.90 Å². The van der Waals surface area contributed by atoms with E-state index in [-0.39, 0.29) is 23.1 Å². The maximum atomic E-state index is 13.0. The fourth-order valence-corrected chi connectivity index (χ4v) is 4.05. The van der Waals surface area contributed by atoms with Crippen LogP contribution in [-0.4, -0.2) is 41.2 Å². The van der Waals surface area contributed by atoms with Gasteiger partial charge in [-0.1, -0.05) is 12.1 Å². The summed E-state index contributed by atoms with van der Waals surface area (Å²) in [6, 6.07) is 12.7. The highest BCUT2D eigenvalue weighted by Gasteiger charge is 2.40.